The van der Waals surface area contributed by atoms with Crippen molar-refractivity contribution in [3.8, 4) is 0 Å². The number of hydrogen-bond donors (Lipinski definition) is 1. The molecular formula is C10H10BrNO. The van der Waals surface area contributed by atoms with Gasteiger partial charge in [-0.3, -0.25) is 4.79 Å². The molecular weight excluding hydrogens is 230 g/mol. The maximum Gasteiger partial charge on any atom is 0.227 e. The minimum absolute atomic E-state index is 0.0266. The van der Waals surface area contributed by atoms with Crippen LogP contribution in [-0.4, -0.2) is 5.91 Å². The molecule has 0 fully saturated rings. The van der Waals surface area contributed by atoms with E-state index in [0.29, 0.717) is 6.54 Å². The third kappa shape index (κ3) is 1.37. The van der Waals surface area contributed by atoms with Crippen LogP contribution < -0.4 is 5.32 Å². The van der Waals surface area contributed by atoms with E-state index in [2.05, 4.69) is 21.2 Å². The fraction of sp³-hybridized carbons (Fsp3) is 0.300. The molecule has 0 unspecified atom stereocenters. The second-order valence-electron chi connectivity index (χ2n) is 3.25. The summed E-state index contributed by atoms with van der Waals surface area (Å²) in [5.74, 6) is 0.0897. The number of amides is 1. The Bertz CT molecular complexity index is 362. The summed E-state index contributed by atoms with van der Waals surface area (Å²) in [7, 11) is 0. The minimum atomic E-state index is -0.0266. The zero-order chi connectivity index (χ0) is 9.42. The van der Waals surface area contributed by atoms with E-state index in [-0.39, 0.29) is 11.8 Å². The maximum atomic E-state index is 11.3. The molecule has 1 heterocycles. The molecule has 2 nitrogen and oxygen atoms in total. The summed E-state index contributed by atoms with van der Waals surface area (Å²) in [5, 5.41) is 2.86. The zero-order valence-corrected chi connectivity index (χ0v) is 8.89. The van der Waals surface area contributed by atoms with Crippen LogP contribution in [-0.2, 0) is 11.3 Å². The number of halogens is 1. The molecule has 0 aromatic heterocycles. The SMILES string of the molecule is C[C@H]1C(=O)NCc2c(Br)cccc21. The molecule has 0 saturated carbocycles. The van der Waals surface area contributed by atoms with Crippen LogP contribution in [0.25, 0.3) is 0 Å². The maximum absolute atomic E-state index is 11.3. The molecule has 0 spiro atoms. The van der Waals surface area contributed by atoms with Gasteiger partial charge in [0.1, 0.15) is 0 Å². The fourth-order valence-electron chi connectivity index (χ4n) is 1.64. The summed E-state index contributed by atoms with van der Waals surface area (Å²) in [4.78, 5) is 11.3. The van der Waals surface area contributed by atoms with Crippen molar-refractivity contribution < 1.29 is 4.79 Å². The van der Waals surface area contributed by atoms with Crippen LogP contribution >= 0.6 is 15.9 Å². The topological polar surface area (TPSA) is 29.1 Å². The summed E-state index contributed by atoms with van der Waals surface area (Å²) >= 11 is 3.48. The molecule has 1 amide bonds. The van der Waals surface area contributed by atoms with Crippen LogP contribution in [0, 0.1) is 0 Å². The molecule has 1 atom stereocenters. The van der Waals surface area contributed by atoms with E-state index in [1.165, 1.54) is 5.56 Å². The number of benzene rings is 1. The second-order valence-corrected chi connectivity index (χ2v) is 4.10. The lowest BCUT2D eigenvalue weighted by Crippen LogP contribution is -2.33. The third-order valence-electron chi connectivity index (χ3n) is 2.45. The van der Waals surface area contributed by atoms with Gasteiger partial charge in [-0.05, 0) is 24.1 Å². The van der Waals surface area contributed by atoms with Gasteiger partial charge in [-0.25, -0.2) is 0 Å². The number of nitrogens with one attached hydrogen (secondary N) is 1. The van der Waals surface area contributed by atoms with Crippen LogP contribution in [0.2, 0.25) is 0 Å². The Labute approximate surface area is 85.5 Å². The Morgan fingerprint density at radius 1 is 1.54 bits per heavy atom. The van der Waals surface area contributed by atoms with Crippen LogP contribution in [0.3, 0.4) is 0 Å². The fourth-order valence-corrected chi connectivity index (χ4v) is 2.16. The largest absolute Gasteiger partial charge is 0.351 e. The van der Waals surface area contributed by atoms with E-state index in [1.807, 2.05) is 25.1 Å². The van der Waals surface area contributed by atoms with Crippen molar-refractivity contribution in [1.82, 2.24) is 5.32 Å². The van der Waals surface area contributed by atoms with E-state index in [4.69, 9.17) is 0 Å². The molecule has 1 aliphatic rings. The second kappa shape index (κ2) is 3.14. The van der Waals surface area contributed by atoms with Crippen molar-refractivity contribution in [2.45, 2.75) is 19.4 Å². The molecule has 68 valence electrons. The quantitative estimate of drug-likeness (QED) is 0.739. The van der Waals surface area contributed by atoms with Gasteiger partial charge in [0.05, 0.1) is 5.92 Å². The Hall–Kier alpha value is -0.830. The Balaban J connectivity index is 2.55. The minimum Gasteiger partial charge on any atom is -0.351 e. The monoisotopic (exact) mass is 239 g/mol. The molecule has 1 aliphatic heterocycles. The summed E-state index contributed by atoms with van der Waals surface area (Å²) in [6.45, 7) is 2.57. The number of carbonyl (C=O) groups is 1. The van der Waals surface area contributed by atoms with E-state index in [1.54, 1.807) is 0 Å². The van der Waals surface area contributed by atoms with Crippen LogP contribution in [0.5, 0.6) is 0 Å². The molecule has 3 heteroatoms. The third-order valence-corrected chi connectivity index (χ3v) is 3.20. The van der Waals surface area contributed by atoms with Gasteiger partial charge in [0.2, 0.25) is 5.91 Å². The summed E-state index contributed by atoms with van der Waals surface area (Å²) in [6.07, 6.45) is 0. The summed E-state index contributed by atoms with van der Waals surface area (Å²) < 4.78 is 1.08. The highest BCUT2D eigenvalue weighted by Gasteiger charge is 2.23. The molecule has 0 aliphatic carbocycles. The first-order valence-electron chi connectivity index (χ1n) is 4.25. The van der Waals surface area contributed by atoms with Crippen molar-refractivity contribution in [3.05, 3.63) is 33.8 Å². The molecule has 1 aromatic carbocycles. The first-order valence-corrected chi connectivity index (χ1v) is 5.04. The van der Waals surface area contributed by atoms with Crippen molar-refractivity contribution in [3.63, 3.8) is 0 Å². The van der Waals surface area contributed by atoms with Gasteiger partial charge >= 0.3 is 0 Å². The van der Waals surface area contributed by atoms with E-state index in [0.717, 1.165) is 10.0 Å². The lowest BCUT2D eigenvalue weighted by Gasteiger charge is -2.23. The summed E-state index contributed by atoms with van der Waals surface area (Å²) in [6, 6.07) is 5.99. The standard InChI is InChI=1S/C10H10BrNO/c1-6-7-3-2-4-9(11)8(7)5-12-10(6)13/h2-4,6H,5H2,1H3,(H,12,13)/t6-/m1/s1. The lowest BCUT2D eigenvalue weighted by atomic mass is 9.92. The first-order chi connectivity index (χ1) is 6.20. The summed E-state index contributed by atoms with van der Waals surface area (Å²) in [5.41, 5.74) is 2.34. The van der Waals surface area contributed by atoms with Crippen molar-refractivity contribution in [2.24, 2.45) is 0 Å². The molecule has 1 aromatic rings. The first kappa shape index (κ1) is 8.75. The molecule has 13 heavy (non-hydrogen) atoms. The van der Waals surface area contributed by atoms with Crippen LogP contribution in [0.15, 0.2) is 22.7 Å². The lowest BCUT2D eigenvalue weighted by molar-refractivity contribution is -0.122. The predicted octanol–water partition coefficient (Wildman–Crippen LogP) is 2.18. The van der Waals surface area contributed by atoms with Gasteiger partial charge in [-0.1, -0.05) is 28.1 Å². The van der Waals surface area contributed by atoms with Crippen molar-refractivity contribution in [1.29, 1.82) is 0 Å². The average molecular weight is 240 g/mol. The number of fused-ring (bicyclic) bond motifs is 1. The number of carbonyl (C=O) groups excluding carboxylic acids is 1. The Morgan fingerprint density at radius 2 is 2.31 bits per heavy atom. The Kier molecular flexibility index (Phi) is 2.12. The highest BCUT2D eigenvalue weighted by atomic mass is 79.9. The van der Waals surface area contributed by atoms with Gasteiger partial charge in [0.25, 0.3) is 0 Å². The smallest absolute Gasteiger partial charge is 0.227 e. The molecule has 1 N–H and O–H groups in total. The van der Waals surface area contributed by atoms with Gasteiger partial charge < -0.3 is 5.32 Å². The normalized spacial score (nSPS) is 20.8. The molecule has 0 radical (unpaired) electrons. The molecule has 2 rings (SSSR count). The van der Waals surface area contributed by atoms with Crippen LogP contribution in [0.1, 0.15) is 24.0 Å². The van der Waals surface area contributed by atoms with Gasteiger partial charge in [-0.15, -0.1) is 0 Å². The van der Waals surface area contributed by atoms with Crippen molar-refractivity contribution in [2.75, 3.05) is 0 Å². The van der Waals surface area contributed by atoms with Gasteiger partial charge in [0.15, 0.2) is 0 Å². The Morgan fingerprint density at radius 3 is 3.08 bits per heavy atom. The highest BCUT2D eigenvalue weighted by molar-refractivity contribution is 9.10. The number of hydrogen-bond acceptors (Lipinski definition) is 1. The highest BCUT2D eigenvalue weighted by Crippen LogP contribution is 2.29. The number of rotatable bonds is 0. The van der Waals surface area contributed by atoms with Gasteiger partial charge in [-0.2, -0.15) is 0 Å². The van der Waals surface area contributed by atoms with E-state index >= 15 is 0 Å². The van der Waals surface area contributed by atoms with Crippen LogP contribution in [0.4, 0.5) is 0 Å². The average Bonchev–Trinajstić information content (AvgIpc) is 2.12. The zero-order valence-electron chi connectivity index (χ0n) is 7.30. The molecule has 0 bridgehead atoms. The van der Waals surface area contributed by atoms with Gasteiger partial charge in [0, 0.05) is 11.0 Å². The molecule has 0 saturated heterocycles. The van der Waals surface area contributed by atoms with E-state index in [9.17, 15) is 4.79 Å². The predicted molar refractivity (Wildman–Crippen MR) is 54.4 cm³/mol. The van der Waals surface area contributed by atoms with E-state index < -0.39 is 0 Å². The van der Waals surface area contributed by atoms with Crippen molar-refractivity contribution >= 4 is 21.8 Å².